The van der Waals surface area contributed by atoms with Gasteiger partial charge in [0, 0.05) is 10.0 Å². The van der Waals surface area contributed by atoms with Crippen molar-refractivity contribution in [3.63, 3.8) is 0 Å². The van der Waals surface area contributed by atoms with Gasteiger partial charge in [-0.15, -0.1) is 10.2 Å². The first-order valence-corrected chi connectivity index (χ1v) is 11.2. The average molecular weight is 463 g/mol. The molecule has 4 aromatic rings. The Labute approximate surface area is 182 Å². The van der Waals surface area contributed by atoms with E-state index in [1.807, 2.05) is 18.2 Å². The van der Waals surface area contributed by atoms with Gasteiger partial charge in [-0.2, -0.15) is 0 Å². The zero-order valence-electron chi connectivity index (χ0n) is 15.6. The van der Waals surface area contributed by atoms with Gasteiger partial charge in [-0.3, -0.25) is 9.47 Å². The van der Waals surface area contributed by atoms with E-state index >= 15 is 0 Å². The summed E-state index contributed by atoms with van der Waals surface area (Å²) in [5, 5.41) is 9.91. The lowest BCUT2D eigenvalue weighted by Gasteiger charge is -2.35. The normalized spacial score (nSPS) is 14.1. The van der Waals surface area contributed by atoms with Crippen molar-refractivity contribution in [3.05, 3.63) is 101 Å². The van der Waals surface area contributed by atoms with Gasteiger partial charge in [0.25, 0.3) is 0 Å². The highest BCUT2D eigenvalue weighted by Crippen LogP contribution is 2.37. The summed E-state index contributed by atoms with van der Waals surface area (Å²) in [5.41, 5.74) is 3.64. The third-order valence-corrected chi connectivity index (χ3v) is 6.82. The number of fused-ring (bicyclic) bond motifs is 1. The largest absolute Gasteiger partial charge is 0.288 e. The molecule has 0 saturated heterocycles. The molecule has 0 saturated carbocycles. The number of benzene rings is 3. The first-order valence-electron chi connectivity index (χ1n) is 9.46. The van der Waals surface area contributed by atoms with Gasteiger partial charge < -0.3 is 0 Å². The molecule has 144 valence electrons. The molecule has 0 fully saturated rings. The molecule has 1 aliphatic heterocycles. The van der Waals surface area contributed by atoms with E-state index in [0.29, 0.717) is 0 Å². The topological polar surface area (TPSA) is 34.0 Å². The predicted molar refractivity (Wildman–Crippen MR) is 120 cm³/mol. The molecule has 0 unspecified atom stereocenters. The molecule has 0 atom stereocenters. The summed E-state index contributed by atoms with van der Waals surface area (Å²) < 4.78 is 3.24. The zero-order valence-corrected chi connectivity index (χ0v) is 18.1. The predicted octanol–water partition coefficient (Wildman–Crippen LogP) is 5.82. The molecule has 0 radical (unpaired) electrons. The van der Waals surface area contributed by atoms with Crippen LogP contribution in [0.15, 0.2) is 94.6 Å². The average Bonchev–Trinajstić information content (AvgIpc) is 3.19. The van der Waals surface area contributed by atoms with E-state index in [1.165, 1.54) is 11.1 Å². The van der Waals surface area contributed by atoms with Crippen molar-refractivity contribution in [2.75, 3.05) is 5.88 Å². The van der Waals surface area contributed by atoms with E-state index < -0.39 is 0 Å². The van der Waals surface area contributed by atoms with E-state index in [9.17, 15) is 0 Å². The molecule has 29 heavy (non-hydrogen) atoms. The van der Waals surface area contributed by atoms with Crippen molar-refractivity contribution in [1.29, 1.82) is 0 Å². The van der Waals surface area contributed by atoms with Crippen molar-refractivity contribution in [2.24, 2.45) is 0 Å². The molecular weight excluding hydrogens is 444 g/mol. The molecule has 4 nitrogen and oxygen atoms in total. The Kier molecular flexibility index (Phi) is 5.23. The summed E-state index contributed by atoms with van der Waals surface area (Å²) in [5.74, 6) is 1.76. The lowest BCUT2D eigenvalue weighted by atomic mass is 9.98. The second-order valence-electron chi connectivity index (χ2n) is 6.94. The van der Waals surface area contributed by atoms with Gasteiger partial charge in [0.1, 0.15) is 0 Å². The van der Waals surface area contributed by atoms with Crippen molar-refractivity contribution in [2.45, 2.75) is 17.9 Å². The van der Waals surface area contributed by atoms with Gasteiger partial charge in [-0.1, -0.05) is 107 Å². The smallest absolute Gasteiger partial charge is 0.193 e. The van der Waals surface area contributed by atoms with Gasteiger partial charge in [0.2, 0.25) is 0 Å². The second kappa shape index (κ2) is 8.14. The Morgan fingerprint density at radius 2 is 1.41 bits per heavy atom. The standard InChI is InChI=1S/C23H19BrN4S/c24-20-14-8-7-13-19(20)22-25-26-23-28(22)15-27(16-29-23)21(17-9-3-1-4-10-17)18-11-5-2-6-12-18/h1-14,21H,15-16H2. The highest BCUT2D eigenvalue weighted by molar-refractivity contribution is 9.10. The maximum atomic E-state index is 4.50. The van der Waals surface area contributed by atoms with E-state index in [2.05, 4.69) is 102 Å². The van der Waals surface area contributed by atoms with Gasteiger partial charge in [0.05, 0.1) is 18.6 Å². The van der Waals surface area contributed by atoms with Gasteiger partial charge in [0.15, 0.2) is 11.0 Å². The van der Waals surface area contributed by atoms with Gasteiger partial charge >= 0.3 is 0 Å². The van der Waals surface area contributed by atoms with Crippen LogP contribution in [0.2, 0.25) is 0 Å². The lowest BCUT2D eigenvalue weighted by Crippen LogP contribution is -2.34. The Balaban J connectivity index is 1.55. The third-order valence-electron chi connectivity index (χ3n) is 5.11. The maximum absolute atomic E-state index is 4.50. The fourth-order valence-corrected chi connectivity index (χ4v) is 5.14. The second-order valence-corrected chi connectivity index (χ2v) is 8.71. The first kappa shape index (κ1) is 18.6. The van der Waals surface area contributed by atoms with Crippen LogP contribution in [0.25, 0.3) is 11.4 Å². The highest BCUT2D eigenvalue weighted by Gasteiger charge is 2.29. The summed E-state index contributed by atoms with van der Waals surface area (Å²) in [6, 6.07) is 29.8. The van der Waals surface area contributed by atoms with Crippen molar-refractivity contribution in [3.8, 4) is 11.4 Å². The van der Waals surface area contributed by atoms with Crippen molar-refractivity contribution < 1.29 is 0 Å². The molecular formula is C23H19BrN4S. The summed E-state index contributed by atoms with van der Waals surface area (Å²) in [4.78, 5) is 2.48. The van der Waals surface area contributed by atoms with E-state index in [-0.39, 0.29) is 6.04 Å². The zero-order chi connectivity index (χ0) is 19.6. The van der Waals surface area contributed by atoms with Crippen molar-refractivity contribution >= 4 is 27.7 Å². The molecule has 3 aromatic carbocycles. The molecule has 0 amide bonds. The molecule has 6 heteroatoms. The summed E-state index contributed by atoms with van der Waals surface area (Å²) in [7, 11) is 0. The van der Waals surface area contributed by atoms with Crippen LogP contribution in [-0.2, 0) is 6.67 Å². The highest BCUT2D eigenvalue weighted by atomic mass is 79.9. The minimum atomic E-state index is 0.174. The van der Waals surface area contributed by atoms with Crippen LogP contribution >= 0.6 is 27.7 Å². The minimum Gasteiger partial charge on any atom is -0.288 e. The quantitative estimate of drug-likeness (QED) is 0.382. The SMILES string of the molecule is Brc1ccccc1-c1nnc2n1CN(C(c1ccccc1)c1ccccc1)CS2. The van der Waals surface area contributed by atoms with Crippen LogP contribution < -0.4 is 0 Å². The maximum Gasteiger partial charge on any atom is 0.193 e. The lowest BCUT2D eigenvalue weighted by molar-refractivity contribution is 0.195. The van der Waals surface area contributed by atoms with Crippen LogP contribution in [0.1, 0.15) is 17.2 Å². The van der Waals surface area contributed by atoms with Crippen LogP contribution in [0.5, 0.6) is 0 Å². The van der Waals surface area contributed by atoms with Crippen LogP contribution in [0.4, 0.5) is 0 Å². The molecule has 0 aliphatic carbocycles. The number of nitrogens with zero attached hydrogens (tertiary/aromatic N) is 4. The number of rotatable bonds is 4. The van der Waals surface area contributed by atoms with Crippen LogP contribution in [-0.4, -0.2) is 25.5 Å². The number of thioether (sulfide) groups is 1. The Morgan fingerprint density at radius 1 is 0.793 bits per heavy atom. The van der Waals surface area contributed by atoms with Gasteiger partial charge in [-0.25, -0.2) is 0 Å². The first-order chi connectivity index (χ1) is 14.3. The molecule has 2 heterocycles. The number of hydrogen-bond donors (Lipinski definition) is 0. The van der Waals surface area contributed by atoms with Crippen molar-refractivity contribution in [1.82, 2.24) is 19.7 Å². The van der Waals surface area contributed by atoms with Gasteiger partial charge in [-0.05, 0) is 17.2 Å². The van der Waals surface area contributed by atoms with E-state index in [0.717, 1.165) is 33.6 Å². The minimum absolute atomic E-state index is 0.174. The molecule has 5 rings (SSSR count). The molecule has 1 aromatic heterocycles. The third kappa shape index (κ3) is 3.64. The Morgan fingerprint density at radius 3 is 2.07 bits per heavy atom. The molecule has 0 spiro atoms. The monoisotopic (exact) mass is 462 g/mol. The fourth-order valence-electron chi connectivity index (χ4n) is 3.77. The Bertz CT molecular complexity index is 1070. The number of halogens is 1. The molecule has 0 N–H and O–H groups in total. The summed E-state index contributed by atoms with van der Waals surface area (Å²) in [6.07, 6.45) is 0. The Hall–Kier alpha value is -2.41. The van der Waals surface area contributed by atoms with Crippen LogP contribution in [0, 0.1) is 0 Å². The fraction of sp³-hybridized carbons (Fsp3) is 0.130. The van der Waals surface area contributed by atoms with Crippen LogP contribution in [0.3, 0.4) is 0 Å². The molecule has 1 aliphatic rings. The molecule has 0 bridgehead atoms. The summed E-state index contributed by atoms with van der Waals surface area (Å²) >= 11 is 5.40. The number of aromatic nitrogens is 3. The number of hydrogen-bond acceptors (Lipinski definition) is 4. The van der Waals surface area contributed by atoms with E-state index in [1.54, 1.807) is 11.8 Å². The summed E-state index contributed by atoms with van der Waals surface area (Å²) in [6.45, 7) is 0.737. The van der Waals surface area contributed by atoms with E-state index in [4.69, 9.17) is 0 Å².